The summed E-state index contributed by atoms with van der Waals surface area (Å²) in [6, 6.07) is 5.72. The van der Waals surface area contributed by atoms with Crippen molar-refractivity contribution in [2.45, 2.75) is 13.5 Å². The Bertz CT molecular complexity index is 317. The van der Waals surface area contributed by atoms with E-state index in [0.29, 0.717) is 15.9 Å². The molecule has 0 atom stereocenters. The number of rotatable bonds is 5. The number of alkyl halides is 1. The van der Waals surface area contributed by atoms with E-state index in [1.165, 1.54) is 0 Å². The number of halogens is 4. The van der Waals surface area contributed by atoms with Crippen molar-refractivity contribution in [2.75, 3.05) is 19.0 Å². The maximum absolute atomic E-state index is 5.94. The van der Waals surface area contributed by atoms with Gasteiger partial charge in [-0.05, 0) is 24.2 Å². The Labute approximate surface area is 118 Å². The number of benzene rings is 1. The molecule has 1 aromatic carbocycles. The lowest BCUT2D eigenvalue weighted by molar-refractivity contribution is 0.297. The highest BCUT2D eigenvalue weighted by Gasteiger charge is 2.04. The van der Waals surface area contributed by atoms with Crippen LogP contribution in [0.4, 0.5) is 0 Å². The largest absolute Gasteiger partial charge is 0.298 e. The summed E-state index contributed by atoms with van der Waals surface area (Å²) in [5, 5.41) is 1.21. The SMILES string of the molecule is CCN(CCCl)Cc1ccc(Cl)c(Cl)c1.Cl. The Morgan fingerprint density at radius 1 is 1.19 bits per heavy atom. The van der Waals surface area contributed by atoms with Crippen LogP contribution in [0.15, 0.2) is 18.2 Å². The molecule has 0 heterocycles. The molecule has 0 spiro atoms. The van der Waals surface area contributed by atoms with Gasteiger partial charge in [-0.15, -0.1) is 24.0 Å². The maximum atomic E-state index is 5.94. The van der Waals surface area contributed by atoms with Gasteiger partial charge in [-0.1, -0.05) is 36.2 Å². The van der Waals surface area contributed by atoms with Crippen molar-refractivity contribution in [3.05, 3.63) is 33.8 Å². The number of hydrogen-bond donors (Lipinski definition) is 0. The number of hydrogen-bond acceptors (Lipinski definition) is 1. The Morgan fingerprint density at radius 3 is 2.38 bits per heavy atom. The molecule has 1 nitrogen and oxygen atoms in total. The summed E-state index contributed by atoms with van der Waals surface area (Å²) < 4.78 is 0. The first kappa shape index (κ1) is 16.3. The van der Waals surface area contributed by atoms with Crippen molar-refractivity contribution < 1.29 is 0 Å². The molecule has 92 valence electrons. The second kappa shape index (κ2) is 8.43. The maximum Gasteiger partial charge on any atom is 0.0595 e. The van der Waals surface area contributed by atoms with Gasteiger partial charge in [-0.25, -0.2) is 0 Å². The quantitative estimate of drug-likeness (QED) is 0.725. The van der Waals surface area contributed by atoms with Crippen molar-refractivity contribution in [3.63, 3.8) is 0 Å². The summed E-state index contributed by atoms with van der Waals surface area (Å²) in [5.41, 5.74) is 1.16. The molecule has 0 aliphatic rings. The summed E-state index contributed by atoms with van der Waals surface area (Å²) in [6.45, 7) is 4.84. The first-order valence-electron chi connectivity index (χ1n) is 4.89. The van der Waals surface area contributed by atoms with E-state index in [1.807, 2.05) is 18.2 Å². The fourth-order valence-corrected chi connectivity index (χ4v) is 1.92. The molecule has 0 unspecified atom stereocenters. The molecule has 5 heteroatoms. The van der Waals surface area contributed by atoms with Crippen molar-refractivity contribution in [1.82, 2.24) is 4.90 Å². The molecule has 0 saturated heterocycles. The minimum absolute atomic E-state index is 0. The van der Waals surface area contributed by atoms with E-state index in [1.54, 1.807) is 0 Å². The summed E-state index contributed by atoms with van der Waals surface area (Å²) in [7, 11) is 0. The van der Waals surface area contributed by atoms with Gasteiger partial charge >= 0.3 is 0 Å². The molecular formula is C11H15Cl4N. The molecule has 0 fully saturated rings. The van der Waals surface area contributed by atoms with Crippen LogP contribution in [0.5, 0.6) is 0 Å². The van der Waals surface area contributed by atoms with E-state index in [2.05, 4.69) is 11.8 Å². The molecule has 0 amide bonds. The van der Waals surface area contributed by atoms with Crippen molar-refractivity contribution in [1.29, 1.82) is 0 Å². The molecule has 0 radical (unpaired) electrons. The van der Waals surface area contributed by atoms with Gasteiger partial charge in [0.25, 0.3) is 0 Å². The molecular weight excluding hydrogens is 288 g/mol. The van der Waals surface area contributed by atoms with Crippen LogP contribution in [0.2, 0.25) is 10.0 Å². The third kappa shape index (κ3) is 5.11. The third-order valence-corrected chi connectivity index (χ3v) is 3.15. The van der Waals surface area contributed by atoms with Crippen LogP contribution in [-0.4, -0.2) is 23.9 Å². The smallest absolute Gasteiger partial charge is 0.0595 e. The Hall–Kier alpha value is 0.340. The van der Waals surface area contributed by atoms with Crippen molar-refractivity contribution in [2.24, 2.45) is 0 Å². The summed E-state index contributed by atoms with van der Waals surface area (Å²) >= 11 is 17.5. The fraction of sp³-hybridized carbons (Fsp3) is 0.455. The van der Waals surface area contributed by atoms with Crippen LogP contribution in [-0.2, 0) is 6.54 Å². The van der Waals surface area contributed by atoms with Gasteiger partial charge in [0.05, 0.1) is 10.0 Å². The van der Waals surface area contributed by atoms with Gasteiger partial charge in [0.15, 0.2) is 0 Å². The zero-order chi connectivity index (χ0) is 11.3. The summed E-state index contributed by atoms with van der Waals surface area (Å²) in [4.78, 5) is 2.26. The third-order valence-electron chi connectivity index (χ3n) is 2.24. The van der Waals surface area contributed by atoms with Gasteiger partial charge in [0.2, 0.25) is 0 Å². The molecule has 0 bridgehead atoms. The predicted molar refractivity (Wildman–Crippen MR) is 75.4 cm³/mol. The highest BCUT2D eigenvalue weighted by molar-refractivity contribution is 6.42. The second-order valence-electron chi connectivity index (χ2n) is 3.31. The molecule has 1 aromatic rings. The van der Waals surface area contributed by atoms with Gasteiger partial charge in [-0.3, -0.25) is 4.90 Å². The molecule has 0 saturated carbocycles. The minimum Gasteiger partial charge on any atom is -0.298 e. The topological polar surface area (TPSA) is 3.24 Å². The van der Waals surface area contributed by atoms with E-state index < -0.39 is 0 Å². The highest BCUT2D eigenvalue weighted by Crippen LogP contribution is 2.23. The predicted octanol–water partition coefficient (Wildman–Crippen LogP) is 4.48. The lowest BCUT2D eigenvalue weighted by Gasteiger charge is -2.19. The number of nitrogens with zero attached hydrogens (tertiary/aromatic N) is 1. The van der Waals surface area contributed by atoms with Crippen LogP contribution in [0.3, 0.4) is 0 Å². The zero-order valence-electron chi connectivity index (χ0n) is 9.05. The molecule has 0 aromatic heterocycles. The average molecular weight is 303 g/mol. The minimum atomic E-state index is 0. The van der Waals surface area contributed by atoms with Gasteiger partial charge < -0.3 is 0 Å². The Kier molecular flexibility index (Phi) is 8.61. The monoisotopic (exact) mass is 301 g/mol. The average Bonchev–Trinajstić information content (AvgIpc) is 2.23. The molecule has 1 rings (SSSR count). The zero-order valence-corrected chi connectivity index (χ0v) is 12.1. The lowest BCUT2D eigenvalue weighted by atomic mass is 10.2. The van der Waals surface area contributed by atoms with Crippen LogP contribution in [0.25, 0.3) is 0 Å². The lowest BCUT2D eigenvalue weighted by Crippen LogP contribution is -2.24. The molecule has 16 heavy (non-hydrogen) atoms. The van der Waals surface area contributed by atoms with Crippen LogP contribution in [0, 0.1) is 0 Å². The second-order valence-corrected chi connectivity index (χ2v) is 4.50. The van der Waals surface area contributed by atoms with Crippen LogP contribution in [0.1, 0.15) is 12.5 Å². The molecule has 0 aliphatic carbocycles. The van der Waals surface area contributed by atoms with E-state index >= 15 is 0 Å². The van der Waals surface area contributed by atoms with E-state index in [-0.39, 0.29) is 12.4 Å². The van der Waals surface area contributed by atoms with E-state index in [9.17, 15) is 0 Å². The molecule has 0 aliphatic heterocycles. The Balaban J connectivity index is 0.00000225. The molecule has 0 N–H and O–H groups in total. The summed E-state index contributed by atoms with van der Waals surface area (Å²) in [6.07, 6.45) is 0. The Morgan fingerprint density at radius 2 is 1.88 bits per heavy atom. The van der Waals surface area contributed by atoms with Crippen LogP contribution >= 0.6 is 47.2 Å². The first-order valence-corrected chi connectivity index (χ1v) is 6.18. The van der Waals surface area contributed by atoms with Gasteiger partial charge in [0.1, 0.15) is 0 Å². The van der Waals surface area contributed by atoms with Crippen LogP contribution < -0.4 is 0 Å². The first-order chi connectivity index (χ1) is 7.17. The summed E-state index contributed by atoms with van der Waals surface area (Å²) in [5.74, 6) is 0.648. The van der Waals surface area contributed by atoms with E-state index in [4.69, 9.17) is 34.8 Å². The fourth-order valence-electron chi connectivity index (χ4n) is 1.36. The standard InChI is InChI=1S/C11H14Cl3N.ClH/c1-2-15(6-5-12)8-9-3-4-10(13)11(14)7-9;/h3-4,7H,2,5-6,8H2,1H3;1H. The van der Waals surface area contributed by atoms with Gasteiger partial charge in [-0.2, -0.15) is 0 Å². The van der Waals surface area contributed by atoms with E-state index in [0.717, 1.165) is 25.2 Å². The normalized spacial score (nSPS) is 10.3. The van der Waals surface area contributed by atoms with Crippen molar-refractivity contribution >= 4 is 47.2 Å². The van der Waals surface area contributed by atoms with Gasteiger partial charge in [0, 0.05) is 19.0 Å². The highest BCUT2D eigenvalue weighted by atomic mass is 35.5. The van der Waals surface area contributed by atoms with Crippen molar-refractivity contribution in [3.8, 4) is 0 Å².